The van der Waals surface area contributed by atoms with Gasteiger partial charge in [-0.2, -0.15) is 0 Å². The third kappa shape index (κ3) is 4.23. The largest absolute Gasteiger partial charge is 0.422 e. The van der Waals surface area contributed by atoms with E-state index in [1.165, 1.54) is 17.3 Å². The van der Waals surface area contributed by atoms with Crippen LogP contribution in [0.3, 0.4) is 0 Å². The minimum atomic E-state index is -0.645. The summed E-state index contributed by atoms with van der Waals surface area (Å²) in [5, 5.41) is 1.23. The molecule has 0 atom stereocenters. The molecule has 4 aromatic rings. The van der Waals surface area contributed by atoms with Crippen molar-refractivity contribution < 1.29 is 9.21 Å². The quantitative estimate of drug-likeness (QED) is 0.124. The van der Waals surface area contributed by atoms with E-state index in [9.17, 15) is 14.4 Å². The van der Waals surface area contributed by atoms with E-state index < -0.39 is 5.63 Å². The highest BCUT2D eigenvalue weighted by atomic mass is 32.2. The number of carbonyl (C=O) groups excluding carboxylic acids is 1. The van der Waals surface area contributed by atoms with Gasteiger partial charge in [0.05, 0.1) is 17.0 Å². The molecule has 2 aliphatic carbocycles. The van der Waals surface area contributed by atoms with Crippen molar-refractivity contribution in [1.29, 1.82) is 0 Å². The van der Waals surface area contributed by atoms with Crippen molar-refractivity contribution in [3.63, 3.8) is 0 Å². The molecule has 2 aromatic carbocycles. The van der Waals surface area contributed by atoms with Crippen LogP contribution in [0.25, 0.3) is 22.2 Å². The van der Waals surface area contributed by atoms with Crippen molar-refractivity contribution in [2.75, 3.05) is 5.75 Å². The van der Waals surface area contributed by atoms with Gasteiger partial charge in [-0.1, -0.05) is 80.4 Å². The summed E-state index contributed by atoms with van der Waals surface area (Å²) in [6.07, 6.45) is 6.91. The summed E-state index contributed by atoms with van der Waals surface area (Å²) in [4.78, 5) is 45.0. The molecule has 7 heteroatoms. The number of para-hydroxylation sites is 1. The van der Waals surface area contributed by atoms with Crippen LogP contribution in [-0.2, 0) is 18.4 Å². The summed E-state index contributed by atoms with van der Waals surface area (Å²) in [5.74, 6) is -0.344. The molecule has 0 aliphatic heterocycles. The Morgan fingerprint density at radius 2 is 1.84 bits per heavy atom. The molecule has 0 bridgehead atoms. The molecular formula is C31H30N2O4S. The molecular weight excluding hydrogens is 496 g/mol. The first-order valence-electron chi connectivity index (χ1n) is 13.4. The number of rotatable bonds is 7. The molecule has 0 radical (unpaired) electrons. The molecule has 1 fully saturated rings. The number of benzene rings is 2. The number of fused-ring (bicyclic) bond motifs is 5. The third-order valence-electron chi connectivity index (χ3n) is 8.04. The number of nitrogens with zero attached hydrogens (tertiary/aromatic N) is 2. The van der Waals surface area contributed by atoms with Crippen LogP contribution in [0.5, 0.6) is 0 Å². The fourth-order valence-corrected chi connectivity index (χ4v) is 7.03. The Hall–Kier alpha value is -3.45. The molecule has 1 spiro atoms. The van der Waals surface area contributed by atoms with E-state index in [1.807, 2.05) is 18.2 Å². The zero-order valence-corrected chi connectivity index (χ0v) is 22.3. The van der Waals surface area contributed by atoms with Gasteiger partial charge < -0.3 is 4.42 Å². The monoisotopic (exact) mass is 526 g/mol. The molecule has 194 valence electrons. The maximum absolute atomic E-state index is 14.2. The molecule has 2 aromatic heterocycles. The van der Waals surface area contributed by atoms with Crippen LogP contribution >= 0.6 is 11.8 Å². The number of Topliss-reactive ketones (excluding diaryl/α,β-unsaturated/α-hetero) is 1. The molecule has 38 heavy (non-hydrogen) atoms. The number of thioether (sulfide) groups is 1. The van der Waals surface area contributed by atoms with Crippen molar-refractivity contribution >= 4 is 28.5 Å². The van der Waals surface area contributed by atoms with Crippen LogP contribution in [0, 0.1) is 0 Å². The predicted octanol–water partition coefficient (Wildman–Crippen LogP) is 6.16. The van der Waals surface area contributed by atoms with E-state index >= 15 is 0 Å². The summed E-state index contributed by atoms with van der Waals surface area (Å²) in [6.45, 7) is 2.66. The standard InChI is InChI=1S/C31H30N2O4S/c1-2-3-16-33-28(35)26-27(22-12-6-4-11-21(22)18-31(26)14-8-9-15-31)32-30(33)38-19-24(34)23-17-20-10-5-7-13-25(20)37-29(23)36/h4-7,10-13,17H,2-3,8-9,14-16,18-19H2,1H3. The van der Waals surface area contributed by atoms with E-state index in [2.05, 4.69) is 25.1 Å². The zero-order valence-electron chi connectivity index (χ0n) is 21.5. The van der Waals surface area contributed by atoms with Crippen molar-refractivity contribution in [2.45, 2.75) is 69.0 Å². The van der Waals surface area contributed by atoms with Crippen LogP contribution in [-0.4, -0.2) is 21.1 Å². The Morgan fingerprint density at radius 3 is 2.66 bits per heavy atom. The van der Waals surface area contributed by atoms with Gasteiger partial charge in [0.15, 0.2) is 10.9 Å². The molecule has 2 heterocycles. The summed E-state index contributed by atoms with van der Waals surface area (Å²) in [7, 11) is 0. The van der Waals surface area contributed by atoms with E-state index in [4.69, 9.17) is 9.40 Å². The first-order chi connectivity index (χ1) is 18.5. The summed E-state index contributed by atoms with van der Waals surface area (Å²) in [6, 6.07) is 17.0. The molecule has 6 nitrogen and oxygen atoms in total. The van der Waals surface area contributed by atoms with Gasteiger partial charge in [0.25, 0.3) is 5.56 Å². The van der Waals surface area contributed by atoms with Crippen LogP contribution < -0.4 is 11.2 Å². The van der Waals surface area contributed by atoms with Crippen molar-refractivity contribution in [2.24, 2.45) is 0 Å². The average molecular weight is 527 g/mol. The lowest BCUT2D eigenvalue weighted by molar-refractivity contribution is 0.101. The van der Waals surface area contributed by atoms with Crippen molar-refractivity contribution in [1.82, 2.24) is 9.55 Å². The highest BCUT2D eigenvalue weighted by Crippen LogP contribution is 2.50. The van der Waals surface area contributed by atoms with Gasteiger partial charge in [-0.05, 0) is 43.4 Å². The average Bonchev–Trinajstić information content (AvgIpc) is 3.39. The second kappa shape index (κ2) is 10.0. The van der Waals surface area contributed by atoms with Crippen LogP contribution in [0.15, 0.2) is 73.8 Å². The van der Waals surface area contributed by atoms with Crippen LogP contribution in [0.1, 0.15) is 66.9 Å². The fraction of sp³-hybridized carbons (Fsp3) is 0.355. The number of aromatic nitrogens is 2. The van der Waals surface area contributed by atoms with Crippen molar-refractivity contribution in [3.05, 3.63) is 92.1 Å². The lowest BCUT2D eigenvalue weighted by atomic mass is 9.68. The third-order valence-corrected chi connectivity index (χ3v) is 9.01. The SMILES string of the molecule is CCCCn1c(SCC(=O)c2cc3ccccc3oc2=O)nc2c(c1=O)C1(CCCC1)Cc1ccccc1-2. The van der Waals surface area contributed by atoms with Crippen molar-refractivity contribution in [3.8, 4) is 11.3 Å². The number of hydrogen-bond acceptors (Lipinski definition) is 6. The van der Waals surface area contributed by atoms with Gasteiger partial charge in [-0.25, -0.2) is 9.78 Å². The van der Waals surface area contributed by atoms with E-state index in [-0.39, 0.29) is 28.1 Å². The van der Waals surface area contributed by atoms with E-state index in [1.54, 1.807) is 22.8 Å². The summed E-state index contributed by atoms with van der Waals surface area (Å²) in [5.41, 5.74) is 3.57. The lowest BCUT2D eigenvalue weighted by Crippen LogP contribution is -2.40. The van der Waals surface area contributed by atoms with Gasteiger partial charge in [0.2, 0.25) is 0 Å². The fourth-order valence-electron chi connectivity index (χ4n) is 6.13. The normalized spacial score (nSPS) is 15.5. The highest BCUT2D eigenvalue weighted by Gasteiger charge is 2.44. The molecule has 0 unspecified atom stereocenters. The van der Waals surface area contributed by atoms with Gasteiger partial charge in [-0.3, -0.25) is 14.2 Å². The first-order valence-corrected chi connectivity index (χ1v) is 14.4. The number of ketones is 1. The number of unbranched alkanes of at least 4 members (excludes halogenated alkanes) is 1. The Morgan fingerprint density at radius 1 is 1.08 bits per heavy atom. The molecule has 0 amide bonds. The second-order valence-corrected chi connectivity index (χ2v) is 11.4. The minimum Gasteiger partial charge on any atom is -0.422 e. The molecule has 6 rings (SSSR count). The van der Waals surface area contributed by atoms with Gasteiger partial charge in [0.1, 0.15) is 11.1 Å². The second-order valence-electron chi connectivity index (χ2n) is 10.4. The maximum atomic E-state index is 14.2. The smallest absolute Gasteiger partial charge is 0.347 e. The topological polar surface area (TPSA) is 82.2 Å². The van der Waals surface area contributed by atoms with Gasteiger partial charge in [0, 0.05) is 22.9 Å². The summed E-state index contributed by atoms with van der Waals surface area (Å²) < 4.78 is 7.15. The van der Waals surface area contributed by atoms with Crippen LogP contribution in [0.4, 0.5) is 0 Å². The van der Waals surface area contributed by atoms with Gasteiger partial charge in [-0.15, -0.1) is 0 Å². The van der Waals surface area contributed by atoms with Gasteiger partial charge >= 0.3 is 5.63 Å². The first kappa shape index (κ1) is 24.9. The van der Waals surface area contributed by atoms with Crippen LogP contribution in [0.2, 0.25) is 0 Å². The van der Waals surface area contributed by atoms with E-state index in [0.717, 1.165) is 61.8 Å². The number of hydrogen-bond donors (Lipinski definition) is 0. The lowest BCUT2D eigenvalue weighted by Gasteiger charge is -2.36. The molecule has 2 aliphatic rings. The Balaban J connectivity index is 1.42. The minimum absolute atomic E-state index is 0.00670. The molecule has 0 N–H and O–H groups in total. The highest BCUT2D eigenvalue weighted by molar-refractivity contribution is 7.99. The summed E-state index contributed by atoms with van der Waals surface area (Å²) >= 11 is 1.23. The Bertz CT molecular complexity index is 1660. The molecule has 1 saturated carbocycles. The van der Waals surface area contributed by atoms with E-state index in [0.29, 0.717) is 22.7 Å². The maximum Gasteiger partial charge on any atom is 0.347 e. The number of carbonyl (C=O) groups is 1. The Kier molecular flexibility index (Phi) is 6.56. The zero-order chi connectivity index (χ0) is 26.3. The predicted molar refractivity (Wildman–Crippen MR) is 150 cm³/mol. The molecule has 0 saturated heterocycles. The Labute approximate surface area is 225 Å².